The fourth-order valence-electron chi connectivity index (χ4n) is 2.85. The van der Waals surface area contributed by atoms with E-state index in [2.05, 4.69) is 6.07 Å². The summed E-state index contributed by atoms with van der Waals surface area (Å²) in [4.78, 5) is 13.7. The van der Waals surface area contributed by atoms with Gasteiger partial charge in [0.15, 0.2) is 0 Å². The molecule has 1 unspecified atom stereocenters. The van der Waals surface area contributed by atoms with Crippen LogP contribution in [-0.4, -0.2) is 41.9 Å². The van der Waals surface area contributed by atoms with Crippen molar-refractivity contribution in [3.8, 4) is 11.8 Å². The Kier molecular flexibility index (Phi) is 5.50. The van der Waals surface area contributed by atoms with Crippen LogP contribution in [0.25, 0.3) is 0 Å². The Morgan fingerprint density at radius 3 is 2.52 bits per heavy atom. The zero-order valence-corrected chi connectivity index (χ0v) is 15.8. The molecule has 1 fully saturated rings. The molecule has 1 aliphatic heterocycles. The highest BCUT2D eigenvalue weighted by Crippen LogP contribution is 2.43. The van der Waals surface area contributed by atoms with E-state index in [0.717, 1.165) is 0 Å². The Morgan fingerprint density at radius 1 is 1.48 bits per heavy atom. The molecule has 1 N–H and O–H groups in total. The molecule has 1 aliphatic rings. The molecule has 0 spiro atoms. The molecule has 1 aromatic carbocycles. The van der Waals surface area contributed by atoms with Gasteiger partial charge >= 0.3 is 6.09 Å². The van der Waals surface area contributed by atoms with Gasteiger partial charge in [-0.05, 0) is 33.8 Å². The van der Waals surface area contributed by atoms with E-state index in [1.165, 1.54) is 7.11 Å². The molecule has 7 heteroatoms. The smallest absolute Gasteiger partial charge is 0.410 e. The van der Waals surface area contributed by atoms with Gasteiger partial charge in [-0.15, -0.1) is 0 Å². The number of carbonyl (C=O) groups excluding carboxylic acids is 1. The molecule has 0 bridgehead atoms. The first-order chi connectivity index (χ1) is 11.6. The highest BCUT2D eigenvalue weighted by Gasteiger charge is 2.38. The van der Waals surface area contributed by atoms with Crippen LogP contribution in [0.3, 0.4) is 0 Å². The highest BCUT2D eigenvalue weighted by atomic mass is 35.5. The van der Waals surface area contributed by atoms with Gasteiger partial charge < -0.3 is 19.5 Å². The van der Waals surface area contributed by atoms with Crippen molar-refractivity contribution in [1.29, 1.82) is 5.26 Å². The van der Waals surface area contributed by atoms with Crippen molar-refractivity contribution in [2.45, 2.75) is 45.3 Å². The second-order valence-electron chi connectivity index (χ2n) is 7.14. The molecule has 1 heterocycles. The van der Waals surface area contributed by atoms with E-state index < -0.39 is 11.7 Å². The fraction of sp³-hybridized carbons (Fsp3) is 0.556. The van der Waals surface area contributed by atoms with Gasteiger partial charge in [0.1, 0.15) is 17.4 Å². The first-order valence-electron chi connectivity index (χ1n) is 8.05. The van der Waals surface area contributed by atoms with Gasteiger partial charge in [-0.25, -0.2) is 4.79 Å². The lowest BCUT2D eigenvalue weighted by atomic mass is 9.85. The molecule has 1 amide bonds. The Morgan fingerprint density at radius 2 is 2.08 bits per heavy atom. The maximum atomic E-state index is 12.1. The summed E-state index contributed by atoms with van der Waals surface area (Å²) >= 11 is 6.22. The molecule has 25 heavy (non-hydrogen) atoms. The minimum atomic E-state index is -0.791. The molecule has 1 atom stereocenters. The van der Waals surface area contributed by atoms with Gasteiger partial charge in [-0.3, -0.25) is 0 Å². The molecular formula is C18H23ClN2O4. The lowest BCUT2D eigenvalue weighted by Gasteiger charge is -2.41. The van der Waals surface area contributed by atoms with Crippen LogP contribution in [-0.2, 0) is 4.74 Å². The maximum Gasteiger partial charge on any atom is 0.410 e. The third-order valence-corrected chi connectivity index (χ3v) is 4.30. The quantitative estimate of drug-likeness (QED) is 0.883. The lowest BCUT2D eigenvalue weighted by molar-refractivity contribution is 0.00794. The van der Waals surface area contributed by atoms with E-state index in [1.54, 1.807) is 17.9 Å². The molecule has 1 aromatic rings. The largest absolute Gasteiger partial charge is 0.496 e. The van der Waals surface area contributed by atoms with Crippen LogP contribution in [0.5, 0.6) is 5.75 Å². The predicted octanol–water partition coefficient (Wildman–Crippen LogP) is 3.61. The molecule has 0 radical (unpaired) electrons. The number of hydrogen-bond acceptors (Lipinski definition) is 5. The summed E-state index contributed by atoms with van der Waals surface area (Å²) < 4.78 is 10.8. The summed E-state index contributed by atoms with van der Waals surface area (Å²) in [5.41, 5.74) is 0.912. The monoisotopic (exact) mass is 366 g/mol. The number of nitriles is 1. The van der Waals surface area contributed by atoms with Crippen molar-refractivity contribution < 1.29 is 19.4 Å². The summed E-state index contributed by atoms with van der Waals surface area (Å²) in [6.07, 6.45) is -1.18. The second kappa shape index (κ2) is 7.11. The Labute approximate surface area is 152 Å². The number of hydrogen-bond donors (Lipinski definition) is 1. The van der Waals surface area contributed by atoms with Gasteiger partial charge in [0, 0.05) is 30.1 Å². The van der Waals surface area contributed by atoms with E-state index in [-0.39, 0.29) is 17.0 Å². The third-order valence-electron chi connectivity index (χ3n) is 4.00. The molecule has 1 saturated heterocycles. The number of methoxy groups -OCH3 is 1. The lowest BCUT2D eigenvalue weighted by Crippen LogP contribution is -2.50. The van der Waals surface area contributed by atoms with Crippen LogP contribution in [0.2, 0.25) is 5.02 Å². The Bertz CT molecular complexity index is 713. The van der Waals surface area contributed by atoms with E-state index in [1.807, 2.05) is 20.8 Å². The van der Waals surface area contributed by atoms with E-state index >= 15 is 0 Å². The van der Waals surface area contributed by atoms with Crippen LogP contribution in [0.4, 0.5) is 4.79 Å². The zero-order valence-electron chi connectivity index (χ0n) is 15.1. The van der Waals surface area contributed by atoms with Crippen LogP contribution in [0.15, 0.2) is 6.07 Å². The first kappa shape index (κ1) is 19.4. The van der Waals surface area contributed by atoms with Crippen molar-refractivity contribution in [2.75, 3.05) is 20.2 Å². The van der Waals surface area contributed by atoms with Crippen LogP contribution in [0, 0.1) is 11.3 Å². The topological polar surface area (TPSA) is 82.8 Å². The minimum Gasteiger partial charge on any atom is -0.496 e. The number of likely N-dealkylation sites (tertiary alicyclic amines) is 1. The van der Waals surface area contributed by atoms with E-state index in [0.29, 0.717) is 35.5 Å². The van der Waals surface area contributed by atoms with Crippen molar-refractivity contribution in [1.82, 2.24) is 4.90 Å². The van der Waals surface area contributed by atoms with Gasteiger partial charge in [-0.2, -0.15) is 5.26 Å². The number of aliphatic hydroxyl groups is 1. The average molecular weight is 367 g/mol. The normalized spacial score (nSPS) is 16.0. The van der Waals surface area contributed by atoms with Crippen molar-refractivity contribution in [3.63, 3.8) is 0 Å². The Balaban J connectivity index is 2.32. The second-order valence-corrected chi connectivity index (χ2v) is 7.55. The number of benzene rings is 1. The molecule has 6 nitrogen and oxygen atoms in total. The summed E-state index contributed by atoms with van der Waals surface area (Å²) in [6.45, 7) is 7.84. The number of ether oxygens (including phenoxy) is 2. The van der Waals surface area contributed by atoms with Crippen LogP contribution < -0.4 is 4.74 Å². The van der Waals surface area contributed by atoms with Gasteiger partial charge in [0.05, 0.1) is 23.8 Å². The van der Waals surface area contributed by atoms with Gasteiger partial charge in [0.25, 0.3) is 0 Å². The predicted molar refractivity (Wildman–Crippen MR) is 93.9 cm³/mol. The molecule has 0 aromatic heterocycles. The fourth-order valence-corrected chi connectivity index (χ4v) is 3.11. The maximum absolute atomic E-state index is 12.1. The van der Waals surface area contributed by atoms with Crippen LogP contribution in [0.1, 0.15) is 56.4 Å². The zero-order chi connectivity index (χ0) is 18.9. The van der Waals surface area contributed by atoms with Crippen molar-refractivity contribution in [3.05, 3.63) is 27.8 Å². The van der Waals surface area contributed by atoms with E-state index in [9.17, 15) is 15.2 Å². The summed E-state index contributed by atoms with van der Waals surface area (Å²) in [6, 6.07) is 3.66. The number of amides is 1. The van der Waals surface area contributed by atoms with Gasteiger partial charge in [0.2, 0.25) is 0 Å². The van der Waals surface area contributed by atoms with Crippen molar-refractivity contribution >= 4 is 17.7 Å². The molecular weight excluding hydrogens is 344 g/mol. The number of aliphatic hydroxyl groups excluding tert-OH is 1. The number of rotatable bonds is 3. The van der Waals surface area contributed by atoms with Gasteiger partial charge in [-0.1, -0.05) is 11.6 Å². The van der Waals surface area contributed by atoms with Crippen molar-refractivity contribution in [2.24, 2.45) is 0 Å². The SMILES string of the molecule is COc1c(C(C)O)cc(Cl)c(C#N)c1C1CN(C(=O)OC(C)(C)C)C1. The number of carbonyl (C=O) groups is 1. The summed E-state index contributed by atoms with van der Waals surface area (Å²) in [7, 11) is 1.49. The minimum absolute atomic E-state index is 0.103. The highest BCUT2D eigenvalue weighted by molar-refractivity contribution is 6.32. The number of halogens is 1. The first-order valence-corrected chi connectivity index (χ1v) is 8.43. The standard InChI is InChI=1S/C18H23ClN2O4/c1-10(22)12-6-14(19)13(7-20)15(16(12)24-5)11-8-21(9-11)17(23)25-18(2,3)4/h6,10-11,22H,8-9H2,1-5H3. The third kappa shape index (κ3) is 4.00. The molecule has 2 rings (SSSR count). The summed E-state index contributed by atoms with van der Waals surface area (Å²) in [5, 5.41) is 19.7. The van der Waals surface area contributed by atoms with E-state index in [4.69, 9.17) is 21.1 Å². The molecule has 0 saturated carbocycles. The number of nitrogens with zero attached hydrogens (tertiary/aromatic N) is 2. The Hall–Kier alpha value is -1.97. The molecule has 136 valence electrons. The summed E-state index contributed by atoms with van der Waals surface area (Å²) in [5.74, 6) is 0.345. The van der Waals surface area contributed by atoms with Crippen LogP contribution >= 0.6 is 11.6 Å². The average Bonchev–Trinajstić information content (AvgIpc) is 2.43. The molecule has 0 aliphatic carbocycles.